The highest BCUT2D eigenvalue weighted by molar-refractivity contribution is 7.21. The lowest BCUT2D eigenvalue weighted by molar-refractivity contribution is 0.103. The second kappa shape index (κ2) is 8.55. The Kier molecular flexibility index (Phi) is 5.69. The monoisotopic (exact) mass is 423 g/mol. The molecule has 0 radical (unpaired) electrons. The number of halogens is 1. The van der Waals surface area contributed by atoms with Gasteiger partial charge in [-0.1, -0.05) is 41.9 Å². The summed E-state index contributed by atoms with van der Waals surface area (Å²) in [6, 6.07) is 22.8. The average molecular weight is 424 g/mol. The first-order chi connectivity index (χ1) is 14.1. The Morgan fingerprint density at radius 2 is 1.72 bits per heavy atom. The summed E-state index contributed by atoms with van der Waals surface area (Å²) in [5.74, 6) is 1.22. The first kappa shape index (κ1) is 19.3. The van der Waals surface area contributed by atoms with Crippen molar-refractivity contribution in [3.05, 3.63) is 88.3 Å². The smallest absolute Gasteiger partial charge is 0.267 e. The molecule has 0 saturated heterocycles. The third-order valence-corrected chi connectivity index (χ3v) is 6.06. The molecule has 4 aromatic rings. The van der Waals surface area contributed by atoms with E-state index in [2.05, 4.69) is 5.32 Å². The standard InChI is InChI=1S/C23H18ClNO3S/c1-27-18-11-12-19-20(13-18)29-22(21(19)24)23(26)25-16-7-9-17(10-8-16)28-14-15-5-3-2-4-6-15/h2-13H,14H2,1H3,(H,25,26). The SMILES string of the molecule is COc1ccc2c(Cl)c(C(=O)Nc3ccc(OCc4ccccc4)cc3)sc2c1. The van der Waals surface area contributed by atoms with Crippen molar-refractivity contribution in [1.29, 1.82) is 0 Å². The van der Waals surface area contributed by atoms with Crippen molar-refractivity contribution in [3.8, 4) is 11.5 Å². The quantitative estimate of drug-likeness (QED) is 0.390. The number of ether oxygens (including phenoxy) is 2. The largest absolute Gasteiger partial charge is 0.497 e. The molecule has 1 amide bonds. The number of amides is 1. The Morgan fingerprint density at radius 1 is 1.00 bits per heavy atom. The van der Waals surface area contributed by atoms with Crippen LogP contribution < -0.4 is 14.8 Å². The number of hydrogen-bond donors (Lipinski definition) is 1. The molecule has 4 rings (SSSR count). The van der Waals surface area contributed by atoms with E-state index in [9.17, 15) is 4.79 Å². The molecule has 1 heterocycles. The van der Waals surface area contributed by atoms with Gasteiger partial charge in [-0.15, -0.1) is 11.3 Å². The average Bonchev–Trinajstić information content (AvgIpc) is 3.10. The minimum Gasteiger partial charge on any atom is -0.497 e. The van der Waals surface area contributed by atoms with E-state index >= 15 is 0 Å². The third kappa shape index (κ3) is 4.36. The predicted molar refractivity (Wildman–Crippen MR) is 119 cm³/mol. The number of rotatable bonds is 6. The molecule has 0 bridgehead atoms. The zero-order chi connectivity index (χ0) is 20.2. The Labute approximate surface area is 177 Å². The number of nitrogens with one attached hydrogen (secondary N) is 1. The first-order valence-electron chi connectivity index (χ1n) is 8.98. The molecule has 29 heavy (non-hydrogen) atoms. The Balaban J connectivity index is 1.44. The lowest BCUT2D eigenvalue weighted by Crippen LogP contribution is -2.10. The van der Waals surface area contributed by atoms with E-state index in [1.807, 2.05) is 72.8 Å². The first-order valence-corrected chi connectivity index (χ1v) is 10.2. The second-order valence-electron chi connectivity index (χ2n) is 6.36. The van der Waals surface area contributed by atoms with Gasteiger partial charge in [0.1, 0.15) is 23.0 Å². The maximum absolute atomic E-state index is 12.7. The van der Waals surface area contributed by atoms with Gasteiger partial charge in [0.25, 0.3) is 5.91 Å². The summed E-state index contributed by atoms with van der Waals surface area (Å²) in [4.78, 5) is 13.2. The fourth-order valence-corrected chi connectivity index (χ4v) is 4.32. The molecule has 0 saturated carbocycles. The number of fused-ring (bicyclic) bond motifs is 1. The third-order valence-electron chi connectivity index (χ3n) is 4.40. The number of thiophene rings is 1. The number of anilines is 1. The summed E-state index contributed by atoms with van der Waals surface area (Å²) >= 11 is 7.77. The molecule has 146 valence electrons. The maximum atomic E-state index is 12.7. The zero-order valence-electron chi connectivity index (χ0n) is 15.6. The van der Waals surface area contributed by atoms with Gasteiger partial charge < -0.3 is 14.8 Å². The summed E-state index contributed by atoms with van der Waals surface area (Å²) in [5.41, 5.74) is 1.77. The van der Waals surface area contributed by atoms with Gasteiger partial charge in [0.05, 0.1) is 12.1 Å². The second-order valence-corrected chi connectivity index (χ2v) is 7.79. The molecule has 0 aliphatic carbocycles. The molecule has 0 atom stereocenters. The van der Waals surface area contributed by atoms with Gasteiger partial charge >= 0.3 is 0 Å². The predicted octanol–water partition coefficient (Wildman–Crippen LogP) is 6.39. The Hall–Kier alpha value is -3.02. The van der Waals surface area contributed by atoms with E-state index in [4.69, 9.17) is 21.1 Å². The Bertz CT molecular complexity index is 1140. The van der Waals surface area contributed by atoms with Gasteiger partial charge in [-0.3, -0.25) is 4.79 Å². The van der Waals surface area contributed by atoms with Crippen LogP contribution in [-0.4, -0.2) is 13.0 Å². The minimum atomic E-state index is -0.242. The van der Waals surface area contributed by atoms with Gasteiger partial charge in [-0.05, 0) is 48.0 Å². The molecule has 0 spiro atoms. The number of carbonyl (C=O) groups is 1. The number of carbonyl (C=O) groups excluding carboxylic acids is 1. The van der Waals surface area contributed by atoms with Crippen LogP contribution in [0.25, 0.3) is 10.1 Å². The van der Waals surface area contributed by atoms with Crippen molar-refractivity contribution in [2.45, 2.75) is 6.61 Å². The molecule has 1 N–H and O–H groups in total. The number of hydrogen-bond acceptors (Lipinski definition) is 4. The van der Waals surface area contributed by atoms with Crippen LogP contribution in [0.4, 0.5) is 5.69 Å². The van der Waals surface area contributed by atoms with Gasteiger partial charge in [0, 0.05) is 15.8 Å². The molecule has 0 aliphatic rings. The van der Waals surface area contributed by atoms with Gasteiger partial charge in [-0.2, -0.15) is 0 Å². The van der Waals surface area contributed by atoms with Gasteiger partial charge in [0.15, 0.2) is 0 Å². The molecule has 0 unspecified atom stereocenters. The van der Waals surface area contributed by atoms with E-state index in [-0.39, 0.29) is 5.91 Å². The van der Waals surface area contributed by atoms with Crippen LogP contribution in [0.15, 0.2) is 72.8 Å². The number of methoxy groups -OCH3 is 1. The number of benzene rings is 3. The van der Waals surface area contributed by atoms with E-state index in [1.165, 1.54) is 11.3 Å². The highest BCUT2D eigenvalue weighted by Crippen LogP contribution is 2.37. The molecule has 6 heteroatoms. The molecule has 0 aliphatic heterocycles. The summed E-state index contributed by atoms with van der Waals surface area (Å²) in [5, 5.41) is 4.18. The van der Waals surface area contributed by atoms with Crippen LogP contribution in [-0.2, 0) is 6.61 Å². The highest BCUT2D eigenvalue weighted by atomic mass is 35.5. The topological polar surface area (TPSA) is 47.6 Å². The molecular formula is C23H18ClNO3S. The molecular weight excluding hydrogens is 406 g/mol. The van der Waals surface area contributed by atoms with E-state index in [0.29, 0.717) is 22.2 Å². The molecule has 0 fully saturated rings. The van der Waals surface area contributed by atoms with Gasteiger partial charge in [-0.25, -0.2) is 0 Å². The van der Waals surface area contributed by atoms with Crippen LogP contribution >= 0.6 is 22.9 Å². The van der Waals surface area contributed by atoms with E-state index in [0.717, 1.165) is 27.1 Å². The van der Waals surface area contributed by atoms with E-state index in [1.54, 1.807) is 7.11 Å². The van der Waals surface area contributed by atoms with Crippen molar-refractivity contribution < 1.29 is 14.3 Å². The van der Waals surface area contributed by atoms with Crippen LogP contribution in [0.5, 0.6) is 11.5 Å². The summed E-state index contributed by atoms with van der Waals surface area (Å²) in [6.45, 7) is 0.493. The van der Waals surface area contributed by atoms with Crippen molar-refractivity contribution >= 4 is 44.6 Å². The summed E-state index contributed by atoms with van der Waals surface area (Å²) in [6.07, 6.45) is 0. The molecule has 4 nitrogen and oxygen atoms in total. The normalized spacial score (nSPS) is 10.7. The highest BCUT2D eigenvalue weighted by Gasteiger charge is 2.17. The molecule has 1 aromatic heterocycles. The maximum Gasteiger partial charge on any atom is 0.267 e. The summed E-state index contributed by atoms with van der Waals surface area (Å²) in [7, 11) is 1.61. The van der Waals surface area contributed by atoms with Crippen LogP contribution in [0, 0.1) is 0 Å². The molecule has 3 aromatic carbocycles. The van der Waals surface area contributed by atoms with Crippen molar-refractivity contribution in [2.24, 2.45) is 0 Å². The fraction of sp³-hybridized carbons (Fsp3) is 0.0870. The van der Waals surface area contributed by atoms with Crippen LogP contribution in [0.1, 0.15) is 15.2 Å². The van der Waals surface area contributed by atoms with Crippen LogP contribution in [0.3, 0.4) is 0 Å². The van der Waals surface area contributed by atoms with E-state index < -0.39 is 0 Å². The summed E-state index contributed by atoms with van der Waals surface area (Å²) < 4.78 is 11.9. The Morgan fingerprint density at radius 3 is 2.45 bits per heavy atom. The lowest BCUT2D eigenvalue weighted by atomic mass is 10.2. The van der Waals surface area contributed by atoms with Crippen molar-refractivity contribution in [1.82, 2.24) is 0 Å². The van der Waals surface area contributed by atoms with Crippen LogP contribution in [0.2, 0.25) is 5.02 Å². The van der Waals surface area contributed by atoms with Crippen molar-refractivity contribution in [3.63, 3.8) is 0 Å². The fourth-order valence-electron chi connectivity index (χ4n) is 2.88. The minimum absolute atomic E-state index is 0.242. The van der Waals surface area contributed by atoms with Crippen molar-refractivity contribution in [2.75, 3.05) is 12.4 Å². The zero-order valence-corrected chi connectivity index (χ0v) is 17.2. The van der Waals surface area contributed by atoms with Gasteiger partial charge in [0.2, 0.25) is 0 Å². The lowest BCUT2D eigenvalue weighted by Gasteiger charge is -2.08.